The minimum atomic E-state index is 0.313. The zero-order valence-electron chi connectivity index (χ0n) is 13.3. The molecule has 0 N–H and O–H groups in total. The Hall–Kier alpha value is -1.38. The molecular weight excluding hydrogens is 358 g/mol. The number of nitrogens with zero attached hydrogens (tertiary/aromatic N) is 5. The van der Waals surface area contributed by atoms with Gasteiger partial charge in [0.15, 0.2) is 5.82 Å². The third-order valence-corrected chi connectivity index (χ3v) is 7.12. The van der Waals surface area contributed by atoms with E-state index in [1.54, 1.807) is 23.1 Å². The van der Waals surface area contributed by atoms with Crippen molar-refractivity contribution >= 4 is 44.2 Å². The number of fused-ring (bicyclic) bond motifs is 1. The Balaban J connectivity index is 1.59. The molecule has 124 valence electrons. The SMILES string of the molecule is CC[C@@H](c1ccccc1)c1nn2c(CSC3=NCCS3)nnc2s1. The minimum absolute atomic E-state index is 0.313. The van der Waals surface area contributed by atoms with E-state index in [0.29, 0.717) is 5.92 Å². The standard InChI is InChI=1S/C16H17N5S3/c1-2-12(11-6-4-3-5-7-11)14-20-21-13(18-19-15(21)24-14)10-23-16-17-8-9-22-16/h3-7,12H,2,8-10H2,1H3/t12-/m0/s1. The van der Waals surface area contributed by atoms with Crippen LogP contribution in [0.3, 0.4) is 0 Å². The van der Waals surface area contributed by atoms with Crippen molar-refractivity contribution in [3.8, 4) is 0 Å². The smallest absolute Gasteiger partial charge is 0.234 e. The molecule has 8 heteroatoms. The van der Waals surface area contributed by atoms with Gasteiger partial charge < -0.3 is 0 Å². The maximum absolute atomic E-state index is 4.82. The monoisotopic (exact) mass is 375 g/mol. The predicted molar refractivity (Wildman–Crippen MR) is 103 cm³/mol. The Morgan fingerprint density at radius 2 is 2.12 bits per heavy atom. The van der Waals surface area contributed by atoms with Crippen molar-refractivity contribution in [1.29, 1.82) is 0 Å². The van der Waals surface area contributed by atoms with Gasteiger partial charge in [-0.15, -0.1) is 10.2 Å². The first-order chi connectivity index (χ1) is 11.8. The van der Waals surface area contributed by atoms with Crippen molar-refractivity contribution in [1.82, 2.24) is 19.8 Å². The van der Waals surface area contributed by atoms with Crippen LogP contribution in [0.15, 0.2) is 35.3 Å². The zero-order chi connectivity index (χ0) is 16.4. The third kappa shape index (κ3) is 3.22. The average molecular weight is 376 g/mol. The van der Waals surface area contributed by atoms with Gasteiger partial charge >= 0.3 is 0 Å². The zero-order valence-corrected chi connectivity index (χ0v) is 15.7. The van der Waals surface area contributed by atoms with E-state index in [4.69, 9.17) is 5.10 Å². The third-order valence-electron chi connectivity index (χ3n) is 3.86. The van der Waals surface area contributed by atoms with Crippen molar-refractivity contribution in [3.63, 3.8) is 0 Å². The summed E-state index contributed by atoms with van der Waals surface area (Å²) >= 11 is 5.19. The molecule has 0 amide bonds. The van der Waals surface area contributed by atoms with E-state index in [9.17, 15) is 0 Å². The molecule has 0 bridgehead atoms. The highest BCUT2D eigenvalue weighted by atomic mass is 32.2. The van der Waals surface area contributed by atoms with Crippen LogP contribution in [0.2, 0.25) is 0 Å². The average Bonchev–Trinajstić information content (AvgIpc) is 3.32. The lowest BCUT2D eigenvalue weighted by Gasteiger charge is -2.11. The van der Waals surface area contributed by atoms with E-state index >= 15 is 0 Å². The topological polar surface area (TPSA) is 55.4 Å². The Labute approximate surface area is 153 Å². The second-order valence-electron chi connectivity index (χ2n) is 5.41. The Morgan fingerprint density at radius 1 is 1.25 bits per heavy atom. The normalized spacial score (nSPS) is 15.8. The molecule has 0 fully saturated rings. The molecule has 0 aliphatic carbocycles. The van der Waals surface area contributed by atoms with Crippen LogP contribution in [-0.4, -0.2) is 36.5 Å². The molecule has 1 aliphatic heterocycles. The number of hydrogen-bond donors (Lipinski definition) is 0. The number of rotatable bonds is 5. The first kappa shape index (κ1) is 16.1. The molecule has 5 nitrogen and oxygen atoms in total. The van der Waals surface area contributed by atoms with Crippen LogP contribution in [0.25, 0.3) is 4.96 Å². The molecule has 0 spiro atoms. The first-order valence-corrected chi connectivity index (χ1v) is 10.7. The quantitative estimate of drug-likeness (QED) is 0.673. The van der Waals surface area contributed by atoms with Crippen LogP contribution >= 0.6 is 34.9 Å². The predicted octanol–water partition coefficient (Wildman–Crippen LogP) is 4.06. The fourth-order valence-electron chi connectivity index (χ4n) is 2.67. The highest BCUT2D eigenvalue weighted by molar-refractivity contribution is 8.38. The fraction of sp³-hybridized carbons (Fsp3) is 0.375. The van der Waals surface area contributed by atoms with Gasteiger partial charge in [0.05, 0.1) is 12.3 Å². The summed E-state index contributed by atoms with van der Waals surface area (Å²) in [4.78, 5) is 5.34. The molecule has 0 saturated carbocycles. The molecule has 1 atom stereocenters. The summed E-state index contributed by atoms with van der Waals surface area (Å²) in [5, 5.41) is 14.5. The first-order valence-electron chi connectivity index (χ1n) is 7.91. The lowest BCUT2D eigenvalue weighted by atomic mass is 9.97. The van der Waals surface area contributed by atoms with Crippen LogP contribution in [0.1, 0.15) is 35.7 Å². The number of benzene rings is 1. The van der Waals surface area contributed by atoms with Gasteiger partial charge in [-0.3, -0.25) is 4.99 Å². The van der Waals surface area contributed by atoms with Crippen molar-refractivity contribution in [2.75, 3.05) is 12.3 Å². The molecule has 3 aromatic rings. The summed E-state index contributed by atoms with van der Waals surface area (Å²) in [6.45, 7) is 3.13. The Bertz CT molecular complexity index is 855. The summed E-state index contributed by atoms with van der Waals surface area (Å²) in [7, 11) is 0. The van der Waals surface area contributed by atoms with Gasteiger partial charge in [0.25, 0.3) is 0 Å². The second kappa shape index (κ2) is 7.25. The van der Waals surface area contributed by atoms with E-state index in [2.05, 4.69) is 46.4 Å². The summed E-state index contributed by atoms with van der Waals surface area (Å²) in [5.41, 5.74) is 1.30. The molecule has 3 heterocycles. The van der Waals surface area contributed by atoms with Crippen molar-refractivity contribution in [3.05, 3.63) is 46.7 Å². The lowest BCUT2D eigenvalue weighted by Crippen LogP contribution is -2.02. The molecule has 0 radical (unpaired) electrons. The second-order valence-corrected chi connectivity index (χ2v) is 8.70. The molecular formula is C16H17N5S3. The summed E-state index contributed by atoms with van der Waals surface area (Å²) in [5.74, 6) is 3.06. The van der Waals surface area contributed by atoms with Crippen molar-refractivity contribution < 1.29 is 0 Å². The van der Waals surface area contributed by atoms with E-state index in [0.717, 1.165) is 44.6 Å². The summed E-state index contributed by atoms with van der Waals surface area (Å²) in [6, 6.07) is 10.6. The van der Waals surface area contributed by atoms with Gasteiger partial charge in [0.2, 0.25) is 4.96 Å². The largest absolute Gasteiger partial charge is 0.271 e. The van der Waals surface area contributed by atoms with Gasteiger partial charge in [0, 0.05) is 11.7 Å². The van der Waals surface area contributed by atoms with E-state index in [1.807, 2.05) is 22.3 Å². The minimum Gasteiger partial charge on any atom is -0.271 e. The Kier molecular flexibility index (Phi) is 4.86. The van der Waals surface area contributed by atoms with Crippen molar-refractivity contribution in [2.45, 2.75) is 25.0 Å². The molecule has 1 aromatic carbocycles. The van der Waals surface area contributed by atoms with Gasteiger partial charge in [-0.25, -0.2) is 0 Å². The lowest BCUT2D eigenvalue weighted by molar-refractivity contribution is 0.735. The van der Waals surface area contributed by atoms with E-state index in [-0.39, 0.29) is 0 Å². The van der Waals surface area contributed by atoms with Crippen molar-refractivity contribution in [2.24, 2.45) is 4.99 Å². The molecule has 0 saturated heterocycles. The van der Waals surface area contributed by atoms with Gasteiger partial charge in [-0.05, 0) is 12.0 Å². The molecule has 1 aliphatic rings. The molecule has 0 unspecified atom stereocenters. The highest BCUT2D eigenvalue weighted by Gasteiger charge is 2.20. The van der Waals surface area contributed by atoms with E-state index < -0.39 is 0 Å². The van der Waals surface area contributed by atoms with E-state index in [1.165, 1.54) is 5.56 Å². The number of aliphatic imine (C=N–C) groups is 1. The molecule has 24 heavy (non-hydrogen) atoms. The number of thioether (sulfide) groups is 2. The molecule has 4 rings (SSSR count). The number of hydrogen-bond acceptors (Lipinski definition) is 7. The number of aromatic nitrogens is 4. The summed E-state index contributed by atoms with van der Waals surface area (Å²) < 4.78 is 3.05. The van der Waals surface area contributed by atoms with Crippen LogP contribution < -0.4 is 0 Å². The van der Waals surface area contributed by atoms with Crippen LogP contribution in [0.5, 0.6) is 0 Å². The van der Waals surface area contributed by atoms with Gasteiger partial charge in [0.1, 0.15) is 9.38 Å². The van der Waals surface area contributed by atoms with Crippen LogP contribution in [0.4, 0.5) is 0 Å². The maximum atomic E-state index is 4.82. The van der Waals surface area contributed by atoms with Crippen LogP contribution in [-0.2, 0) is 5.75 Å². The summed E-state index contributed by atoms with van der Waals surface area (Å²) in [6.07, 6.45) is 1.02. The molecule has 2 aromatic heterocycles. The van der Waals surface area contributed by atoms with Gasteiger partial charge in [-0.1, -0.05) is 72.1 Å². The highest BCUT2D eigenvalue weighted by Crippen LogP contribution is 2.31. The maximum Gasteiger partial charge on any atom is 0.234 e. The Morgan fingerprint density at radius 3 is 2.88 bits per heavy atom. The fourth-order valence-corrected chi connectivity index (χ4v) is 5.65. The van der Waals surface area contributed by atoms with Gasteiger partial charge in [-0.2, -0.15) is 9.61 Å². The van der Waals surface area contributed by atoms with Crippen LogP contribution in [0, 0.1) is 0 Å².